The Hall–Kier alpha value is -0.520. The van der Waals surface area contributed by atoms with Gasteiger partial charge in [0.2, 0.25) is 0 Å². The predicted molar refractivity (Wildman–Crippen MR) is 110 cm³/mol. The van der Waals surface area contributed by atoms with E-state index in [1.165, 1.54) is 44.1 Å². The van der Waals surface area contributed by atoms with Crippen molar-refractivity contribution < 1.29 is 12.0 Å². The molecule has 1 aromatic carbocycles. The van der Waals surface area contributed by atoms with Crippen LogP contribution in [0, 0.1) is 0 Å². The smallest absolute Gasteiger partial charge is 0.195 e. The lowest BCUT2D eigenvalue weighted by Crippen LogP contribution is -2.23. The van der Waals surface area contributed by atoms with Crippen molar-refractivity contribution >= 4 is 21.3 Å². The summed E-state index contributed by atoms with van der Waals surface area (Å²) >= 11 is -0.493. The number of aryl methyl sites for hydroxylation is 1. The maximum Gasteiger partial charge on any atom is 0.311 e. The molecule has 0 aliphatic heterocycles. The highest BCUT2D eigenvalue weighted by molar-refractivity contribution is 8.02. The molecule has 0 N–H and O–H groups in total. The second-order valence-corrected chi connectivity index (χ2v) is 10.3. The largest absolute Gasteiger partial charge is 0.311 e. The normalized spacial score (nSPS) is 13.0. The topological polar surface area (TPSA) is 43.4 Å². The molecule has 0 saturated heterocycles. The van der Waals surface area contributed by atoms with Crippen molar-refractivity contribution in [2.75, 3.05) is 17.3 Å². The standard InChI is InChI=1S/C20H35O3S2/c1-3-5-6-7-8-9-13-17-24(23-25(21,22)19-4-2)18-16-20-14-11-10-12-15-20/h10-12,14-15H,3-9,13,16-19H2,1-2H3/q+1. The van der Waals surface area contributed by atoms with Gasteiger partial charge in [0, 0.05) is 6.42 Å². The first-order chi connectivity index (χ1) is 12.1. The molecule has 0 heterocycles. The Kier molecular flexibility index (Phi) is 12.3. The lowest BCUT2D eigenvalue weighted by Gasteiger charge is -2.08. The molecule has 0 aromatic heterocycles. The van der Waals surface area contributed by atoms with Crippen LogP contribution in [-0.2, 0) is 31.3 Å². The van der Waals surface area contributed by atoms with Crippen LogP contribution >= 0.6 is 0 Å². The number of rotatable bonds is 15. The van der Waals surface area contributed by atoms with Crippen molar-refractivity contribution in [2.45, 2.75) is 71.6 Å². The number of hydrogen-bond acceptors (Lipinski definition) is 3. The molecular formula is C20H35O3S2+. The second-order valence-electron chi connectivity index (χ2n) is 6.53. The summed E-state index contributed by atoms with van der Waals surface area (Å²) in [5.41, 5.74) is 1.25. The minimum atomic E-state index is -3.38. The van der Waals surface area contributed by atoms with Gasteiger partial charge in [-0.2, -0.15) is 8.42 Å². The summed E-state index contributed by atoms with van der Waals surface area (Å²) in [5.74, 6) is 1.78. The molecule has 0 bridgehead atoms. The first kappa shape index (κ1) is 22.5. The molecule has 3 nitrogen and oxygen atoms in total. The molecule has 1 rings (SSSR count). The minimum Gasteiger partial charge on any atom is -0.195 e. The summed E-state index contributed by atoms with van der Waals surface area (Å²) < 4.78 is 29.6. The molecule has 144 valence electrons. The molecule has 0 aliphatic rings. The van der Waals surface area contributed by atoms with E-state index in [0.717, 1.165) is 24.3 Å². The Morgan fingerprint density at radius 3 is 2.12 bits per heavy atom. The van der Waals surface area contributed by atoms with E-state index < -0.39 is 21.3 Å². The zero-order valence-corrected chi connectivity index (χ0v) is 17.5. The summed E-state index contributed by atoms with van der Waals surface area (Å²) in [4.78, 5) is 0. The van der Waals surface area contributed by atoms with Crippen LogP contribution in [0.15, 0.2) is 30.3 Å². The molecular weight excluding hydrogens is 352 g/mol. The van der Waals surface area contributed by atoms with E-state index in [2.05, 4.69) is 19.1 Å². The van der Waals surface area contributed by atoms with Crippen LogP contribution in [0.5, 0.6) is 0 Å². The number of hydrogen-bond donors (Lipinski definition) is 0. The molecule has 1 aromatic rings. The lowest BCUT2D eigenvalue weighted by atomic mass is 10.1. The fraction of sp³-hybridized carbons (Fsp3) is 0.700. The zero-order valence-electron chi connectivity index (χ0n) is 15.9. The van der Waals surface area contributed by atoms with Gasteiger partial charge in [0.15, 0.2) is 11.2 Å². The van der Waals surface area contributed by atoms with E-state index in [1.54, 1.807) is 0 Å². The first-order valence-electron chi connectivity index (χ1n) is 9.71. The maximum atomic E-state index is 12.0. The summed E-state index contributed by atoms with van der Waals surface area (Å²) in [6, 6.07) is 10.2. The highest BCUT2D eigenvalue weighted by Crippen LogP contribution is 2.14. The molecule has 0 aliphatic carbocycles. The summed E-state index contributed by atoms with van der Waals surface area (Å²) in [6.07, 6.45) is 10.2. The van der Waals surface area contributed by atoms with E-state index in [-0.39, 0.29) is 5.75 Å². The molecule has 5 heteroatoms. The average molecular weight is 388 g/mol. The van der Waals surface area contributed by atoms with Crippen molar-refractivity contribution in [1.29, 1.82) is 0 Å². The van der Waals surface area contributed by atoms with Crippen LogP contribution in [0.1, 0.15) is 70.8 Å². The summed E-state index contributed by atoms with van der Waals surface area (Å²) in [7, 11) is -3.38. The van der Waals surface area contributed by atoms with E-state index >= 15 is 0 Å². The van der Waals surface area contributed by atoms with Gasteiger partial charge in [-0.25, -0.2) is 0 Å². The molecule has 1 atom stereocenters. The molecule has 0 saturated carbocycles. The summed E-state index contributed by atoms with van der Waals surface area (Å²) in [5, 5.41) is 0. The third-order valence-corrected chi connectivity index (χ3v) is 8.00. The zero-order chi connectivity index (χ0) is 18.4. The molecule has 0 amide bonds. The first-order valence-corrected chi connectivity index (χ1v) is 12.8. The highest BCUT2D eigenvalue weighted by Gasteiger charge is 2.28. The number of unbranched alkanes of at least 4 members (excludes halogenated alkanes) is 6. The minimum absolute atomic E-state index is 0.124. The van der Waals surface area contributed by atoms with Gasteiger partial charge in [0.1, 0.15) is 11.5 Å². The van der Waals surface area contributed by atoms with Gasteiger partial charge in [0.25, 0.3) is 0 Å². The van der Waals surface area contributed by atoms with Crippen LogP contribution in [0.3, 0.4) is 0 Å². The highest BCUT2D eigenvalue weighted by atomic mass is 32.3. The van der Waals surface area contributed by atoms with Crippen molar-refractivity contribution in [3.63, 3.8) is 0 Å². The monoisotopic (exact) mass is 387 g/mol. The van der Waals surface area contributed by atoms with Gasteiger partial charge >= 0.3 is 10.1 Å². The van der Waals surface area contributed by atoms with E-state index in [4.69, 9.17) is 3.63 Å². The second kappa shape index (κ2) is 13.7. The molecule has 0 radical (unpaired) electrons. The Morgan fingerprint density at radius 1 is 0.840 bits per heavy atom. The lowest BCUT2D eigenvalue weighted by molar-refractivity contribution is 0.509. The average Bonchev–Trinajstić information content (AvgIpc) is 2.59. The van der Waals surface area contributed by atoms with Crippen LogP contribution in [0.25, 0.3) is 0 Å². The molecule has 1 unspecified atom stereocenters. The molecule has 0 fully saturated rings. The van der Waals surface area contributed by atoms with Crippen LogP contribution in [0.2, 0.25) is 0 Å². The van der Waals surface area contributed by atoms with Gasteiger partial charge < -0.3 is 0 Å². The quantitative estimate of drug-likeness (QED) is 0.304. The van der Waals surface area contributed by atoms with Crippen LogP contribution in [0.4, 0.5) is 0 Å². The van der Waals surface area contributed by atoms with Crippen molar-refractivity contribution in [3.05, 3.63) is 35.9 Å². The Labute approximate surface area is 158 Å². The van der Waals surface area contributed by atoms with Gasteiger partial charge in [-0.05, 0) is 28.5 Å². The van der Waals surface area contributed by atoms with Crippen LogP contribution < -0.4 is 0 Å². The molecule has 0 spiro atoms. The number of benzene rings is 1. The SMILES string of the molecule is CCCCCCCCC[S+](CCc1ccccc1)OS(=O)(=O)CCC. The van der Waals surface area contributed by atoms with E-state index in [9.17, 15) is 8.42 Å². The Morgan fingerprint density at radius 2 is 1.48 bits per heavy atom. The van der Waals surface area contributed by atoms with Crippen LogP contribution in [-0.4, -0.2) is 25.7 Å². The third-order valence-electron chi connectivity index (χ3n) is 4.09. The van der Waals surface area contributed by atoms with Gasteiger partial charge in [-0.3, -0.25) is 0 Å². The maximum absolute atomic E-state index is 12.0. The Balaban J connectivity index is 2.41. The summed E-state index contributed by atoms with van der Waals surface area (Å²) in [6.45, 7) is 4.10. The van der Waals surface area contributed by atoms with Crippen molar-refractivity contribution in [3.8, 4) is 0 Å². The predicted octanol–water partition coefficient (Wildman–Crippen LogP) is 5.27. The van der Waals surface area contributed by atoms with Gasteiger partial charge in [-0.1, -0.05) is 76.3 Å². The third kappa shape index (κ3) is 11.7. The van der Waals surface area contributed by atoms with Crippen molar-refractivity contribution in [1.82, 2.24) is 0 Å². The molecule has 25 heavy (non-hydrogen) atoms. The fourth-order valence-electron chi connectivity index (χ4n) is 2.70. The van der Waals surface area contributed by atoms with E-state index in [0.29, 0.717) is 6.42 Å². The van der Waals surface area contributed by atoms with Gasteiger partial charge in [-0.15, -0.1) is 0 Å². The van der Waals surface area contributed by atoms with E-state index in [1.807, 2.05) is 25.1 Å². The van der Waals surface area contributed by atoms with Crippen molar-refractivity contribution in [2.24, 2.45) is 0 Å². The van der Waals surface area contributed by atoms with Gasteiger partial charge in [0.05, 0.1) is 5.75 Å². The Bertz CT molecular complexity index is 529. The fourth-order valence-corrected chi connectivity index (χ4v) is 6.38.